The Morgan fingerprint density at radius 2 is 1.67 bits per heavy atom. The molecule has 0 amide bonds. The summed E-state index contributed by atoms with van der Waals surface area (Å²) in [6, 6.07) is 6.24. The van der Waals surface area contributed by atoms with Gasteiger partial charge in [0, 0.05) is 24.8 Å². The molecule has 1 fully saturated rings. The molecule has 94 valence electrons. The number of Topliss-reactive ketones (excluding diaryl/α,β-unsaturated/α-hetero) is 2. The lowest BCUT2D eigenvalue weighted by Crippen LogP contribution is -2.37. The van der Waals surface area contributed by atoms with Crippen molar-refractivity contribution < 1.29 is 9.59 Å². The number of carbonyl (C=O) groups excluding carboxylic acids is 2. The van der Waals surface area contributed by atoms with E-state index in [0.29, 0.717) is 25.0 Å². The molecule has 0 aromatic heterocycles. The summed E-state index contributed by atoms with van der Waals surface area (Å²) in [5, 5.41) is 0. The molecule has 0 saturated heterocycles. The molecule has 0 unspecified atom stereocenters. The highest BCUT2D eigenvalue weighted by Gasteiger charge is 2.41. The molecule has 18 heavy (non-hydrogen) atoms. The van der Waals surface area contributed by atoms with Crippen LogP contribution < -0.4 is 0 Å². The molecular weight excluding hydrogens is 224 g/mol. The molecule has 1 saturated carbocycles. The van der Waals surface area contributed by atoms with Crippen molar-refractivity contribution >= 4 is 11.6 Å². The molecule has 0 bridgehead atoms. The smallest absolute Gasteiger partial charge is 0.163 e. The van der Waals surface area contributed by atoms with Gasteiger partial charge < -0.3 is 0 Å². The van der Waals surface area contributed by atoms with Gasteiger partial charge in [0.1, 0.15) is 5.78 Å². The van der Waals surface area contributed by atoms with Crippen LogP contribution in [-0.4, -0.2) is 11.6 Å². The topological polar surface area (TPSA) is 34.1 Å². The summed E-state index contributed by atoms with van der Waals surface area (Å²) in [5.41, 5.74) is 3.36. The van der Waals surface area contributed by atoms with Gasteiger partial charge in [0.25, 0.3) is 0 Å². The lowest BCUT2D eigenvalue weighted by atomic mass is 9.62. The zero-order valence-corrected chi connectivity index (χ0v) is 10.8. The van der Waals surface area contributed by atoms with Gasteiger partial charge in [-0.15, -0.1) is 0 Å². The average Bonchev–Trinajstić information content (AvgIpc) is 2.37. The van der Waals surface area contributed by atoms with E-state index in [4.69, 9.17) is 0 Å². The molecule has 0 atom stereocenters. The molecule has 1 spiro atoms. The van der Waals surface area contributed by atoms with E-state index in [2.05, 4.69) is 12.1 Å². The Labute approximate surface area is 107 Å². The summed E-state index contributed by atoms with van der Waals surface area (Å²) >= 11 is 0. The standard InChI is InChI=1S/C16H18O2/c1-11-2-3-14-13(10-11)15(18)6-9-16(14)7-4-12(17)5-8-16/h2-3,10H,4-9H2,1H3. The van der Waals surface area contributed by atoms with Crippen LogP contribution in [0.1, 0.15) is 60.0 Å². The Morgan fingerprint density at radius 1 is 1.00 bits per heavy atom. The number of ketones is 2. The largest absolute Gasteiger partial charge is 0.300 e. The van der Waals surface area contributed by atoms with Gasteiger partial charge in [0.05, 0.1) is 0 Å². The predicted octanol–water partition coefficient (Wildman–Crippen LogP) is 3.35. The van der Waals surface area contributed by atoms with Crippen LogP contribution in [0.5, 0.6) is 0 Å². The highest BCUT2D eigenvalue weighted by Crippen LogP contribution is 2.46. The van der Waals surface area contributed by atoms with Crippen LogP contribution in [0.15, 0.2) is 18.2 Å². The maximum atomic E-state index is 12.1. The number of hydrogen-bond acceptors (Lipinski definition) is 2. The normalized spacial score (nSPS) is 22.1. The summed E-state index contributed by atoms with van der Waals surface area (Å²) in [6.07, 6.45) is 4.78. The van der Waals surface area contributed by atoms with E-state index in [1.165, 1.54) is 5.56 Å². The van der Waals surface area contributed by atoms with Crippen molar-refractivity contribution in [2.75, 3.05) is 0 Å². The first-order valence-electron chi connectivity index (χ1n) is 6.77. The van der Waals surface area contributed by atoms with Crippen LogP contribution in [-0.2, 0) is 10.2 Å². The second-order valence-electron chi connectivity index (χ2n) is 5.79. The van der Waals surface area contributed by atoms with E-state index in [-0.39, 0.29) is 11.2 Å². The molecule has 0 N–H and O–H groups in total. The van der Waals surface area contributed by atoms with Crippen LogP contribution in [0, 0.1) is 6.92 Å². The van der Waals surface area contributed by atoms with Gasteiger partial charge in [-0.1, -0.05) is 17.7 Å². The van der Waals surface area contributed by atoms with Crippen molar-refractivity contribution in [1.29, 1.82) is 0 Å². The second kappa shape index (κ2) is 4.04. The Morgan fingerprint density at radius 3 is 2.39 bits per heavy atom. The van der Waals surface area contributed by atoms with Gasteiger partial charge in [-0.3, -0.25) is 9.59 Å². The van der Waals surface area contributed by atoms with Crippen LogP contribution >= 0.6 is 0 Å². The van der Waals surface area contributed by atoms with Crippen molar-refractivity contribution in [2.45, 2.75) is 50.9 Å². The summed E-state index contributed by atoms with van der Waals surface area (Å²) < 4.78 is 0. The van der Waals surface area contributed by atoms with E-state index in [0.717, 1.165) is 30.4 Å². The maximum absolute atomic E-state index is 12.1. The molecule has 0 radical (unpaired) electrons. The fraction of sp³-hybridized carbons (Fsp3) is 0.500. The lowest BCUT2D eigenvalue weighted by molar-refractivity contribution is -0.121. The molecule has 3 rings (SSSR count). The van der Waals surface area contributed by atoms with Crippen LogP contribution in [0.2, 0.25) is 0 Å². The second-order valence-corrected chi connectivity index (χ2v) is 5.79. The Balaban J connectivity index is 2.07. The fourth-order valence-corrected chi connectivity index (χ4v) is 3.50. The number of aryl methyl sites for hydroxylation is 1. The minimum atomic E-state index is 0.102. The zero-order valence-electron chi connectivity index (χ0n) is 10.8. The van der Waals surface area contributed by atoms with E-state index in [9.17, 15) is 9.59 Å². The number of rotatable bonds is 0. The Bertz CT molecular complexity index is 518. The first-order valence-corrected chi connectivity index (χ1v) is 6.77. The minimum Gasteiger partial charge on any atom is -0.300 e. The Kier molecular flexibility index (Phi) is 2.61. The molecule has 0 aliphatic heterocycles. The van der Waals surface area contributed by atoms with E-state index < -0.39 is 0 Å². The highest BCUT2D eigenvalue weighted by atomic mass is 16.1. The van der Waals surface area contributed by atoms with Crippen LogP contribution in [0.3, 0.4) is 0 Å². The van der Waals surface area contributed by atoms with E-state index >= 15 is 0 Å². The van der Waals surface area contributed by atoms with Gasteiger partial charge in [0.15, 0.2) is 5.78 Å². The number of carbonyl (C=O) groups is 2. The third-order valence-electron chi connectivity index (χ3n) is 4.64. The van der Waals surface area contributed by atoms with Gasteiger partial charge in [-0.05, 0) is 43.2 Å². The third-order valence-corrected chi connectivity index (χ3v) is 4.64. The monoisotopic (exact) mass is 242 g/mol. The highest BCUT2D eigenvalue weighted by molar-refractivity contribution is 5.99. The van der Waals surface area contributed by atoms with Gasteiger partial charge in [-0.25, -0.2) is 0 Å². The summed E-state index contributed by atoms with van der Waals surface area (Å²) in [5.74, 6) is 0.655. The van der Waals surface area contributed by atoms with Crippen molar-refractivity contribution in [2.24, 2.45) is 0 Å². The summed E-state index contributed by atoms with van der Waals surface area (Å²) in [7, 11) is 0. The molecule has 2 aliphatic carbocycles. The number of benzene rings is 1. The van der Waals surface area contributed by atoms with Gasteiger partial charge in [-0.2, -0.15) is 0 Å². The van der Waals surface area contributed by atoms with E-state index in [1.54, 1.807) is 0 Å². The van der Waals surface area contributed by atoms with Gasteiger partial charge >= 0.3 is 0 Å². The van der Waals surface area contributed by atoms with E-state index in [1.807, 2.05) is 13.0 Å². The first-order chi connectivity index (χ1) is 8.61. The van der Waals surface area contributed by atoms with Crippen molar-refractivity contribution in [3.63, 3.8) is 0 Å². The zero-order chi connectivity index (χ0) is 12.8. The fourth-order valence-electron chi connectivity index (χ4n) is 3.50. The quantitative estimate of drug-likeness (QED) is 0.699. The molecule has 2 aliphatic rings. The molecule has 0 heterocycles. The van der Waals surface area contributed by atoms with Crippen molar-refractivity contribution in [1.82, 2.24) is 0 Å². The molecule has 1 aromatic carbocycles. The first kappa shape index (κ1) is 11.6. The molecular formula is C16H18O2. The molecule has 1 aromatic rings. The average molecular weight is 242 g/mol. The minimum absolute atomic E-state index is 0.102. The predicted molar refractivity (Wildman–Crippen MR) is 69.9 cm³/mol. The third kappa shape index (κ3) is 1.71. The summed E-state index contributed by atoms with van der Waals surface area (Å²) in [4.78, 5) is 23.5. The molecule has 2 nitrogen and oxygen atoms in total. The lowest BCUT2D eigenvalue weighted by Gasteiger charge is -2.41. The van der Waals surface area contributed by atoms with Gasteiger partial charge in [0.2, 0.25) is 0 Å². The van der Waals surface area contributed by atoms with Crippen molar-refractivity contribution in [3.8, 4) is 0 Å². The van der Waals surface area contributed by atoms with Crippen LogP contribution in [0.4, 0.5) is 0 Å². The molecule has 2 heteroatoms. The SMILES string of the molecule is Cc1ccc2c(c1)C(=O)CCC21CCC(=O)CC1. The summed E-state index contributed by atoms with van der Waals surface area (Å²) in [6.45, 7) is 2.03. The maximum Gasteiger partial charge on any atom is 0.163 e. The van der Waals surface area contributed by atoms with Crippen LogP contribution in [0.25, 0.3) is 0 Å². The number of fused-ring (bicyclic) bond motifs is 2. The van der Waals surface area contributed by atoms with Crippen molar-refractivity contribution in [3.05, 3.63) is 34.9 Å². The number of hydrogen-bond donors (Lipinski definition) is 0. The Hall–Kier alpha value is -1.44.